The highest BCUT2D eigenvalue weighted by Gasteiger charge is 2.31. The smallest absolute Gasteiger partial charge is 0.0431 e. The van der Waals surface area contributed by atoms with Crippen LogP contribution in [0.3, 0.4) is 0 Å². The topological polar surface area (TPSA) is 0 Å². The highest BCUT2D eigenvalue weighted by molar-refractivity contribution is 6.16. The SMILES string of the molecule is C=C/C(C)=C\C=C\C#CC1=C(c2ccc(C)cc2)/C(C#Cc2ccc(C)cc2)=C(c2ccc(C)cc2)\C(C#Cc2ccc(C)cc2)=C(c2ccc(C)cc2)/C(C#Cc2ccc(C)cc2)=C\1c1ccc(C)cc1. The average Bonchev–Trinajstić information content (AvgIpc) is 3.38. The molecule has 0 bridgehead atoms. The zero-order chi connectivity index (χ0) is 50.6. The van der Waals surface area contributed by atoms with E-state index in [-0.39, 0.29) is 0 Å². The van der Waals surface area contributed by atoms with Crippen molar-refractivity contribution in [3.05, 3.63) is 306 Å². The van der Waals surface area contributed by atoms with Crippen molar-refractivity contribution >= 4 is 22.3 Å². The first kappa shape index (κ1) is 49.4. The molecule has 7 aromatic rings. The molecular formula is C72H58. The van der Waals surface area contributed by atoms with E-state index in [1.165, 1.54) is 16.7 Å². The van der Waals surface area contributed by atoms with Gasteiger partial charge in [0.25, 0.3) is 0 Å². The van der Waals surface area contributed by atoms with Crippen LogP contribution in [0, 0.1) is 95.8 Å². The maximum absolute atomic E-state index is 3.97. The Balaban J connectivity index is 1.72. The van der Waals surface area contributed by atoms with Crippen LogP contribution in [-0.4, -0.2) is 0 Å². The molecule has 0 saturated heterocycles. The van der Waals surface area contributed by atoms with Crippen LogP contribution in [0.25, 0.3) is 22.3 Å². The molecule has 346 valence electrons. The average molecular weight is 923 g/mol. The normalized spacial score (nSPS) is 16.7. The fourth-order valence-electron chi connectivity index (χ4n) is 8.28. The van der Waals surface area contributed by atoms with E-state index in [9.17, 15) is 0 Å². The first-order valence-electron chi connectivity index (χ1n) is 24.4. The lowest BCUT2D eigenvalue weighted by Crippen LogP contribution is -2.10. The fourth-order valence-corrected chi connectivity index (χ4v) is 8.28. The van der Waals surface area contributed by atoms with Crippen LogP contribution in [0.15, 0.2) is 229 Å². The Morgan fingerprint density at radius 1 is 0.319 bits per heavy atom. The summed E-state index contributed by atoms with van der Waals surface area (Å²) in [7, 11) is 0. The zero-order valence-corrected chi connectivity index (χ0v) is 42.7. The maximum atomic E-state index is 3.97. The Morgan fingerprint density at radius 3 is 0.806 bits per heavy atom. The van der Waals surface area contributed by atoms with Gasteiger partial charge in [-0.3, -0.25) is 0 Å². The van der Waals surface area contributed by atoms with E-state index in [2.05, 4.69) is 272 Å². The highest BCUT2D eigenvalue weighted by atomic mass is 14.3. The van der Waals surface area contributed by atoms with E-state index in [0.29, 0.717) is 0 Å². The number of allylic oxidation sites excluding steroid dienone is 13. The molecule has 1 aliphatic rings. The van der Waals surface area contributed by atoms with Gasteiger partial charge >= 0.3 is 0 Å². The van der Waals surface area contributed by atoms with Gasteiger partial charge in [0.05, 0.1) is 0 Å². The number of benzene rings is 7. The Morgan fingerprint density at radius 2 is 0.556 bits per heavy atom. The summed E-state index contributed by atoms with van der Waals surface area (Å²) in [6, 6.07) is 60.3. The summed E-state index contributed by atoms with van der Waals surface area (Å²) >= 11 is 0. The summed E-state index contributed by atoms with van der Waals surface area (Å²) in [4.78, 5) is 0. The van der Waals surface area contributed by atoms with Gasteiger partial charge in [-0.15, -0.1) is 0 Å². The largest absolute Gasteiger partial charge is 0.0988 e. The van der Waals surface area contributed by atoms with E-state index >= 15 is 0 Å². The van der Waals surface area contributed by atoms with E-state index in [0.717, 1.165) is 111 Å². The second-order valence-corrected chi connectivity index (χ2v) is 18.6. The Bertz CT molecular complexity index is 3550. The molecule has 1 aliphatic carbocycles. The van der Waals surface area contributed by atoms with Gasteiger partial charge in [-0.2, -0.15) is 0 Å². The van der Waals surface area contributed by atoms with Gasteiger partial charge in [0.2, 0.25) is 0 Å². The van der Waals surface area contributed by atoms with E-state index in [1.807, 2.05) is 31.2 Å². The monoisotopic (exact) mass is 922 g/mol. The molecule has 0 heteroatoms. The predicted octanol–water partition coefficient (Wildman–Crippen LogP) is 16.8. The number of rotatable bonds is 6. The van der Waals surface area contributed by atoms with Gasteiger partial charge in [0, 0.05) is 61.3 Å². The second kappa shape index (κ2) is 23.0. The Hall–Kier alpha value is -9.04. The van der Waals surface area contributed by atoms with E-state index < -0.39 is 0 Å². The van der Waals surface area contributed by atoms with Crippen LogP contribution in [0.1, 0.15) is 84.8 Å². The summed E-state index contributed by atoms with van der Waals surface area (Å²) in [5, 5.41) is 0. The van der Waals surface area contributed by atoms with Gasteiger partial charge < -0.3 is 0 Å². The molecule has 0 fully saturated rings. The fraction of sp³-hybridized carbons (Fsp3) is 0.111. The minimum atomic E-state index is 0.790. The lowest BCUT2D eigenvalue weighted by Gasteiger charge is -2.27. The molecule has 0 saturated carbocycles. The Kier molecular flexibility index (Phi) is 15.8. The highest BCUT2D eigenvalue weighted by Crippen LogP contribution is 2.48. The van der Waals surface area contributed by atoms with Crippen LogP contribution >= 0.6 is 0 Å². The van der Waals surface area contributed by atoms with Crippen molar-refractivity contribution in [1.82, 2.24) is 0 Å². The zero-order valence-electron chi connectivity index (χ0n) is 42.7. The van der Waals surface area contributed by atoms with E-state index in [4.69, 9.17) is 0 Å². The minimum Gasteiger partial charge on any atom is -0.0988 e. The molecule has 72 heavy (non-hydrogen) atoms. The third kappa shape index (κ3) is 12.2. The summed E-state index contributed by atoms with van der Waals surface area (Å²) < 4.78 is 0. The first-order chi connectivity index (χ1) is 34.9. The number of hydrogen-bond acceptors (Lipinski definition) is 0. The quantitative estimate of drug-likeness (QED) is 0.115. The molecule has 0 radical (unpaired) electrons. The van der Waals surface area contributed by atoms with Crippen molar-refractivity contribution < 1.29 is 0 Å². The number of aryl methyl sites for hydroxylation is 7. The van der Waals surface area contributed by atoms with Crippen LogP contribution < -0.4 is 0 Å². The molecule has 0 N–H and O–H groups in total. The van der Waals surface area contributed by atoms with Gasteiger partial charge in [-0.25, -0.2) is 0 Å². The molecule has 7 aromatic carbocycles. The van der Waals surface area contributed by atoms with Crippen LogP contribution in [-0.2, 0) is 0 Å². The van der Waals surface area contributed by atoms with Crippen molar-refractivity contribution in [2.24, 2.45) is 0 Å². The number of hydrogen-bond donors (Lipinski definition) is 0. The molecule has 0 aliphatic heterocycles. The molecule has 0 atom stereocenters. The summed E-state index contributed by atoms with van der Waals surface area (Å²) in [6.07, 6.45) is 7.76. The molecule has 0 nitrogen and oxygen atoms in total. The molecule has 0 spiro atoms. The van der Waals surface area contributed by atoms with Crippen molar-refractivity contribution in [2.45, 2.75) is 55.4 Å². The molecule has 0 amide bonds. The van der Waals surface area contributed by atoms with Crippen molar-refractivity contribution in [2.75, 3.05) is 0 Å². The summed E-state index contributed by atoms with van der Waals surface area (Å²) in [5.74, 6) is 30.1. The first-order valence-corrected chi connectivity index (χ1v) is 24.4. The van der Waals surface area contributed by atoms with Gasteiger partial charge in [-0.05, 0) is 120 Å². The summed E-state index contributed by atoms with van der Waals surface area (Å²) in [5.41, 5.74) is 22.4. The van der Waals surface area contributed by atoms with Crippen LogP contribution in [0.4, 0.5) is 0 Å². The van der Waals surface area contributed by atoms with Gasteiger partial charge in [0.1, 0.15) is 0 Å². The predicted molar refractivity (Wildman–Crippen MR) is 307 cm³/mol. The lowest BCUT2D eigenvalue weighted by atomic mass is 9.74. The molecular weight excluding hydrogens is 865 g/mol. The van der Waals surface area contributed by atoms with Crippen molar-refractivity contribution in [3.63, 3.8) is 0 Å². The molecule has 0 aromatic heterocycles. The standard InChI is InChI=1S/C72H58/c1-10-50(2)14-12-11-13-15-65-69(61-39-22-54(6)23-40-61)66(47-36-58-30-16-51(3)17-31-58)71(63-43-26-56(8)27-44-63)68(49-38-60-34-20-53(5)21-35-60)72(64-45-28-57(9)29-46-64)67(48-37-59-32-18-52(4)19-33-59)70(65)62-41-24-55(7)25-42-62/h10-12,14,16-35,39-46H,1H2,2-9H3/b12-11+,50-14-,69-65-,69-66?,70-65?,70-67-,71-66-,71-68?,72-67?,72-68-. The lowest BCUT2D eigenvalue weighted by molar-refractivity contribution is 1.41. The summed E-state index contributed by atoms with van der Waals surface area (Å²) in [6.45, 7) is 20.8. The van der Waals surface area contributed by atoms with Crippen molar-refractivity contribution in [3.8, 4) is 47.4 Å². The molecule has 0 unspecified atom stereocenters. The van der Waals surface area contributed by atoms with Crippen molar-refractivity contribution in [1.29, 1.82) is 0 Å². The maximum Gasteiger partial charge on any atom is 0.0431 e. The molecule has 0 heterocycles. The molecule has 8 rings (SSSR count). The Labute approximate surface area is 429 Å². The van der Waals surface area contributed by atoms with E-state index in [1.54, 1.807) is 0 Å². The third-order valence-corrected chi connectivity index (χ3v) is 12.6. The van der Waals surface area contributed by atoms with Crippen LogP contribution in [0.2, 0.25) is 0 Å². The van der Waals surface area contributed by atoms with Gasteiger partial charge in [0.15, 0.2) is 0 Å². The van der Waals surface area contributed by atoms with Crippen LogP contribution in [0.5, 0.6) is 0 Å². The third-order valence-electron chi connectivity index (χ3n) is 12.6. The van der Waals surface area contributed by atoms with Gasteiger partial charge in [-0.1, -0.05) is 250 Å². The minimum absolute atomic E-state index is 0.790. The second-order valence-electron chi connectivity index (χ2n) is 18.6.